The molecule has 4 nitrogen and oxygen atoms in total. The van der Waals surface area contributed by atoms with E-state index >= 15 is 0 Å². The van der Waals surface area contributed by atoms with Gasteiger partial charge in [0.2, 0.25) is 5.91 Å². The van der Waals surface area contributed by atoms with Crippen LogP contribution in [0.1, 0.15) is 34.6 Å². The van der Waals surface area contributed by atoms with E-state index in [2.05, 4.69) is 5.32 Å². The molecule has 0 aliphatic carbocycles. The van der Waals surface area contributed by atoms with Crippen molar-refractivity contribution in [2.45, 2.75) is 46.3 Å². The lowest BCUT2D eigenvalue weighted by atomic mass is 10.2. The quantitative estimate of drug-likeness (QED) is 0.715. The lowest BCUT2D eigenvalue weighted by molar-refractivity contribution is -0.122. The van der Waals surface area contributed by atoms with E-state index in [1.807, 2.05) is 34.6 Å². The molecule has 0 aliphatic rings. The second kappa shape index (κ2) is 7.76. The molecule has 0 heterocycles. The van der Waals surface area contributed by atoms with Gasteiger partial charge in [0.25, 0.3) is 0 Å². The van der Waals surface area contributed by atoms with Crippen LogP contribution in [-0.2, 0) is 9.53 Å². The summed E-state index contributed by atoms with van der Waals surface area (Å²) >= 11 is 0. The van der Waals surface area contributed by atoms with Crippen LogP contribution < -0.4 is 11.1 Å². The maximum absolute atomic E-state index is 10.7. The lowest BCUT2D eigenvalue weighted by Gasteiger charge is -2.22. The summed E-state index contributed by atoms with van der Waals surface area (Å²) in [7, 11) is 1.68. The molecule has 1 atom stereocenters. The number of nitrogens with two attached hydrogens (primary N) is 1. The van der Waals surface area contributed by atoms with Crippen molar-refractivity contribution >= 4 is 5.91 Å². The van der Waals surface area contributed by atoms with Crippen LogP contribution in [0.5, 0.6) is 0 Å². The van der Waals surface area contributed by atoms with Gasteiger partial charge in [-0.15, -0.1) is 0 Å². The van der Waals surface area contributed by atoms with Gasteiger partial charge < -0.3 is 15.8 Å². The minimum atomic E-state index is -0.399. The number of primary amides is 1. The summed E-state index contributed by atoms with van der Waals surface area (Å²) in [6.07, 6.45) is 0. The van der Waals surface area contributed by atoms with E-state index in [1.54, 1.807) is 7.05 Å². The Morgan fingerprint density at radius 3 is 2.07 bits per heavy atom. The topological polar surface area (TPSA) is 64.3 Å². The van der Waals surface area contributed by atoms with Gasteiger partial charge in [0.1, 0.15) is 6.04 Å². The Hall–Kier alpha value is -0.610. The van der Waals surface area contributed by atoms with Crippen LogP contribution in [0.2, 0.25) is 0 Å². The number of hydrogen-bond donors (Lipinski definition) is 2. The van der Waals surface area contributed by atoms with Crippen molar-refractivity contribution in [2.24, 2.45) is 5.73 Å². The monoisotopic (exact) mass is 204 g/mol. The second-order valence-corrected chi connectivity index (χ2v) is 3.67. The summed E-state index contributed by atoms with van der Waals surface area (Å²) < 4.78 is 5.38. The van der Waals surface area contributed by atoms with E-state index in [1.165, 1.54) is 0 Å². The molecule has 4 heteroatoms. The molecule has 1 amide bonds. The lowest BCUT2D eigenvalue weighted by Crippen LogP contribution is -2.44. The van der Waals surface area contributed by atoms with E-state index in [4.69, 9.17) is 10.5 Å². The van der Waals surface area contributed by atoms with Gasteiger partial charge in [-0.05, 0) is 27.8 Å². The van der Waals surface area contributed by atoms with E-state index in [0.29, 0.717) is 6.61 Å². The van der Waals surface area contributed by atoms with Crippen molar-refractivity contribution in [1.29, 1.82) is 0 Å². The van der Waals surface area contributed by atoms with E-state index < -0.39 is 6.04 Å². The molecule has 0 aromatic carbocycles. The smallest absolute Gasteiger partial charge is 0.236 e. The van der Waals surface area contributed by atoms with E-state index in [0.717, 1.165) is 0 Å². The van der Waals surface area contributed by atoms with Crippen LogP contribution in [0.15, 0.2) is 0 Å². The van der Waals surface area contributed by atoms with Crippen molar-refractivity contribution in [3.63, 3.8) is 0 Å². The standard InChI is InChI=1S/C8H18N2O2.C2H6/c1-8(2,3)12-5-6(10-4)7(9)11;1-2/h6,10H,5H2,1-4H3,(H2,9,11);1-2H3/t6-;/m0./s1. The Morgan fingerprint density at radius 1 is 1.43 bits per heavy atom. The summed E-state index contributed by atoms with van der Waals surface area (Å²) in [4.78, 5) is 10.7. The molecule has 86 valence electrons. The Kier molecular flexibility index (Phi) is 8.79. The third kappa shape index (κ3) is 9.48. The number of likely N-dealkylation sites (N-methyl/N-ethyl adjacent to an activating group) is 1. The van der Waals surface area contributed by atoms with Crippen molar-refractivity contribution in [3.05, 3.63) is 0 Å². The molecule has 0 aliphatic heterocycles. The molecule has 0 bridgehead atoms. The predicted octanol–water partition coefficient (Wildman–Crippen LogP) is 0.901. The minimum Gasteiger partial charge on any atom is -0.374 e. The van der Waals surface area contributed by atoms with Gasteiger partial charge in [-0.1, -0.05) is 13.8 Å². The highest BCUT2D eigenvalue weighted by atomic mass is 16.5. The van der Waals surface area contributed by atoms with Crippen molar-refractivity contribution in [3.8, 4) is 0 Å². The first kappa shape index (κ1) is 15.8. The van der Waals surface area contributed by atoms with Crippen LogP contribution in [-0.4, -0.2) is 31.2 Å². The third-order valence-electron chi connectivity index (χ3n) is 1.37. The highest BCUT2D eigenvalue weighted by Crippen LogP contribution is 2.06. The molecule has 0 aromatic heterocycles. The molecule has 0 saturated heterocycles. The highest BCUT2D eigenvalue weighted by Gasteiger charge is 2.17. The van der Waals surface area contributed by atoms with Gasteiger partial charge in [-0.2, -0.15) is 0 Å². The van der Waals surface area contributed by atoms with Gasteiger partial charge in [-0.3, -0.25) is 4.79 Å². The average Bonchev–Trinajstić information content (AvgIpc) is 2.06. The molecule has 0 fully saturated rings. The maximum atomic E-state index is 10.7. The third-order valence-corrected chi connectivity index (χ3v) is 1.37. The number of carbonyl (C=O) groups excluding carboxylic acids is 1. The van der Waals surface area contributed by atoms with Crippen LogP contribution in [0, 0.1) is 0 Å². The summed E-state index contributed by atoms with van der Waals surface area (Å²) in [5.41, 5.74) is 4.86. The Morgan fingerprint density at radius 2 is 1.86 bits per heavy atom. The van der Waals surface area contributed by atoms with E-state index in [9.17, 15) is 4.79 Å². The van der Waals surface area contributed by atoms with Gasteiger partial charge in [-0.25, -0.2) is 0 Å². The number of ether oxygens (including phenoxy) is 1. The number of carbonyl (C=O) groups is 1. The Bertz CT molecular complexity index is 153. The summed E-state index contributed by atoms with van der Waals surface area (Å²) in [5.74, 6) is -0.387. The number of rotatable bonds is 4. The van der Waals surface area contributed by atoms with Crippen LogP contribution >= 0.6 is 0 Å². The van der Waals surface area contributed by atoms with Gasteiger partial charge in [0.15, 0.2) is 0 Å². The average molecular weight is 204 g/mol. The Balaban J connectivity index is 0. The zero-order valence-electron chi connectivity index (χ0n) is 10.2. The van der Waals surface area contributed by atoms with Gasteiger partial charge in [0.05, 0.1) is 12.2 Å². The first-order valence-corrected chi connectivity index (χ1v) is 4.97. The molecular weight excluding hydrogens is 180 g/mol. The fourth-order valence-electron chi connectivity index (χ4n) is 0.641. The number of hydrogen-bond acceptors (Lipinski definition) is 3. The zero-order chi connectivity index (χ0) is 11.8. The number of nitrogens with one attached hydrogen (secondary N) is 1. The maximum Gasteiger partial charge on any atom is 0.236 e. The predicted molar refractivity (Wildman–Crippen MR) is 59.1 cm³/mol. The molecule has 0 rings (SSSR count). The van der Waals surface area contributed by atoms with Crippen molar-refractivity contribution < 1.29 is 9.53 Å². The minimum absolute atomic E-state index is 0.232. The normalized spacial score (nSPS) is 12.7. The van der Waals surface area contributed by atoms with Crippen molar-refractivity contribution in [2.75, 3.05) is 13.7 Å². The van der Waals surface area contributed by atoms with Crippen molar-refractivity contribution in [1.82, 2.24) is 5.32 Å². The van der Waals surface area contributed by atoms with Gasteiger partial charge in [0, 0.05) is 0 Å². The van der Waals surface area contributed by atoms with Crippen LogP contribution in [0.25, 0.3) is 0 Å². The second-order valence-electron chi connectivity index (χ2n) is 3.67. The van der Waals surface area contributed by atoms with Crippen LogP contribution in [0.3, 0.4) is 0 Å². The molecule has 0 unspecified atom stereocenters. The van der Waals surface area contributed by atoms with Crippen LogP contribution in [0.4, 0.5) is 0 Å². The van der Waals surface area contributed by atoms with Gasteiger partial charge >= 0.3 is 0 Å². The molecule has 3 N–H and O–H groups in total. The molecule has 14 heavy (non-hydrogen) atoms. The largest absolute Gasteiger partial charge is 0.374 e. The molecule has 0 radical (unpaired) electrons. The summed E-state index contributed by atoms with van der Waals surface area (Å²) in [6, 6.07) is -0.399. The summed E-state index contributed by atoms with van der Waals surface area (Å²) in [6.45, 7) is 10.1. The first-order valence-electron chi connectivity index (χ1n) is 4.97. The molecule has 0 spiro atoms. The fourth-order valence-corrected chi connectivity index (χ4v) is 0.641. The first-order chi connectivity index (χ1) is 6.37. The highest BCUT2D eigenvalue weighted by molar-refractivity contribution is 5.79. The Labute approximate surface area is 87.2 Å². The summed E-state index contributed by atoms with van der Waals surface area (Å²) in [5, 5.41) is 2.77. The zero-order valence-corrected chi connectivity index (χ0v) is 10.2. The molecular formula is C10H24N2O2. The van der Waals surface area contributed by atoms with E-state index in [-0.39, 0.29) is 11.5 Å². The fraction of sp³-hybridized carbons (Fsp3) is 0.900. The SMILES string of the molecule is CC.CN[C@@H](COC(C)(C)C)C(N)=O. The molecule has 0 aromatic rings. The molecule has 0 saturated carbocycles. The number of amides is 1.